The standard InChI is InChI=1S/C17H20N2O2.ClH/c1-10-8-15(11(2)21-10)17(20)19-16-5-3-4-12-9-13(18)6-7-14(12)16;/h6-9,16H,3-5,18H2,1-2H3,(H,19,20);1H. The third-order valence-corrected chi connectivity index (χ3v) is 4.07. The molecule has 1 amide bonds. The molecule has 1 unspecified atom stereocenters. The van der Waals surface area contributed by atoms with Crippen LogP contribution in [0.3, 0.4) is 0 Å². The fourth-order valence-corrected chi connectivity index (χ4v) is 3.08. The molecule has 0 aliphatic heterocycles. The minimum Gasteiger partial charge on any atom is -0.466 e. The summed E-state index contributed by atoms with van der Waals surface area (Å²) >= 11 is 0. The largest absolute Gasteiger partial charge is 0.466 e. The first kappa shape index (κ1) is 16.4. The fourth-order valence-electron chi connectivity index (χ4n) is 3.08. The van der Waals surface area contributed by atoms with E-state index in [0.717, 1.165) is 30.7 Å². The van der Waals surface area contributed by atoms with Gasteiger partial charge < -0.3 is 15.5 Å². The predicted octanol–water partition coefficient (Wildman–Crippen LogP) is 3.71. The number of hydrogen-bond acceptors (Lipinski definition) is 3. The Morgan fingerprint density at radius 1 is 1.32 bits per heavy atom. The van der Waals surface area contributed by atoms with Crippen LogP contribution in [0.1, 0.15) is 51.9 Å². The average molecular weight is 321 g/mol. The van der Waals surface area contributed by atoms with Crippen LogP contribution in [0.2, 0.25) is 0 Å². The Labute approximate surface area is 136 Å². The van der Waals surface area contributed by atoms with Crippen molar-refractivity contribution < 1.29 is 9.21 Å². The van der Waals surface area contributed by atoms with Crippen molar-refractivity contribution in [1.29, 1.82) is 0 Å². The number of amides is 1. The molecule has 1 aliphatic carbocycles. The molecule has 1 aromatic carbocycles. The highest BCUT2D eigenvalue weighted by atomic mass is 35.5. The first-order valence-electron chi connectivity index (χ1n) is 7.31. The Morgan fingerprint density at radius 2 is 2.09 bits per heavy atom. The molecule has 2 aromatic rings. The molecule has 1 aliphatic rings. The number of furan rings is 1. The van der Waals surface area contributed by atoms with Gasteiger partial charge in [-0.25, -0.2) is 0 Å². The van der Waals surface area contributed by atoms with Gasteiger partial charge in [0.25, 0.3) is 5.91 Å². The number of carbonyl (C=O) groups is 1. The van der Waals surface area contributed by atoms with Crippen molar-refractivity contribution in [3.63, 3.8) is 0 Å². The number of aryl methyl sites for hydroxylation is 3. The van der Waals surface area contributed by atoms with E-state index in [0.29, 0.717) is 11.3 Å². The first-order chi connectivity index (χ1) is 10.0. The second-order valence-electron chi connectivity index (χ2n) is 5.70. The second kappa shape index (κ2) is 6.44. The summed E-state index contributed by atoms with van der Waals surface area (Å²) in [4.78, 5) is 12.4. The lowest BCUT2D eigenvalue weighted by molar-refractivity contribution is 0.0931. The Hall–Kier alpha value is -1.94. The molecule has 5 heteroatoms. The minimum atomic E-state index is -0.0703. The summed E-state index contributed by atoms with van der Waals surface area (Å²) in [5.41, 5.74) is 9.67. The highest BCUT2D eigenvalue weighted by Crippen LogP contribution is 2.31. The van der Waals surface area contributed by atoms with Crippen LogP contribution in [0.15, 0.2) is 28.7 Å². The minimum absolute atomic E-state index is 0. The van der Waals surface area contributed by atoms with Gasteiger partial charge in [0.2, 0.25) is 0 Å². The fraction of sp³-hybridized carbons (Fsp3) is 0.353. The van der Waals surface area contributed by atoms with Gasteiger partial charge in [0, 0.05) is 5.69 Å². The summed E-state index contributed by atoms with van der Waals surface area (Å²) in [5, 5.41) is 3.13. The van der Waals surface area contributed by atoms with Crippen LogP contribution < -0.4 is 11.1 Å². The van der Waals surface area contributed by atoms with Gasteiger partial charge in [0.15, 0.2) is 0 Å². The Balaban J connectivity index is 0.00000176. The number of nitrogens with two attached hydrogens (primary N) is 1. The lowest BCUT2D eigenvalue weighted by Crippen LogP contribution is -2.31. The molecule has 3 rings (SSSR count). The lowest BCUT2D eigenvalue weighted by Gasteiger charge is -2.26. The zero-order valence-corrected chi connectivity index (χ0v) is 13.6. The number of hydrogen-bond donors (Lipinski definition) is 2. The summed E-state index contributed by atoms with van der Waals surface area (Å²) in [7, 11) is 0. The van der Waals surface area contributed by atoms with Gasteiger partial charge in [-0.2, -0.15) is 0 Å². The zero-order valence-electron chi connectivity index (χ0n) is 12.8. The number of rotatable bonds is 2. The molecule has 3 N–H and O–H groups in total. The number of benzene rings is 1. The van der Waals surface area contributed by atoms with Gasteiger partial charge in [0.1, 0.15) is 11.5 Å². The van der Waals surface area contributed by atoms with E-state index in [1.807, 2.05) is 32.0 Å². The van der Waals surface area contributed by atoms with Crippen LogP contribution in [-0.4, -0.2) is 5.91 Å². The maximum Gasteiger partial charge on any atom is 0.255 e. The van der Waals surface area contributed by atoms with E-state index in [4.69, 9.17) is 10.2 Å². The second-order valence-corrected chi connectivity index (χ2v) is 5.70. The normalized spacial score (nSPS) is 16.5. The molecule has 0 bridgehead atoms. The van der Waals surface area contributed by atoms with E-state index in [1.54, 1.807) is 6.07 Å². The smallest absolute Gasteiger partial charge is 0.255 e. The van der Waals surface area contributed by atoms with Gasteiger partial charge in [0.05, 0.1) is 11.6 Å². The Morgan fingerprint density at radius 3 is 2.77 bits per heavy atom. The van der Waals surface area contributed by atoms with Crippen LogP contribution in [0, 0.1) is 13.8 Å². The van der Waals surface area contributed by atoms with Crippen LogP contribution in [0.4, 0.5) is 5.69 Å². The summed E-state index contributed by atoms with van der Waals surface area (Å²) < 4.78 is 5.43. The average Bonchev–Trinajstić information content (AvgIpc) is 2.77. The summed E-state index contributed by atoms with van der Waals surface area (Å²) in [6.45, 7) is 3.67. The zero-order chi connectivity index (χ0) is 15.0. The SMILES string of the molecule is Cc1cc(C(=O)NC2CCCc3cc(N)ccc32)c(C)o1.Cl. The molecule has 4 nitrogen and oxygen atoms in total. The van der Waals surface area contributed by atoms with Crippen LogP contribution in [0.5, 0.6) is 0 Å². The number of anilines is 1. The van der Waals surface area contributed by atoms with Crippen molar-refractivity contribution in [2.45, 2.75) is 39.2 Å². The topological polar surface area (TPSA) is 68.3 Å². The van der Waals surface area contributed by atoms with Crippen molar-refractivity contribution in [2.75, 3.05) is 5.73 Å². The van der Waals surface area contributed by atoms with E-state index >= 15 is 0 Å². The van der Waals surface area contributed by atoms with Crippen LogP contribution >= 0.6 is 12.4 Å². The highest BCUT2D eigenvalue weighted by molar-refractivity contribution is 5.95. The van der Waals surface area contributed by atoms with Crippen molar-refractivity contribution in [3.8, 4) is 0 Å². The third-order valence-electron chi connectivity index (χ3n) is 4.07. The molecule has 1 atom stereocenters. The van der Waals surface area contributed by atoms with Crippen LogP contribution in [0.25, 0.3) is 0 Å². The van der Waals surface area contributed by atoms with Crippen molar-refractivity contribution >= 4 is 24.0 Å². The van der Waals surface area contributed by atoms with Gasteiger partial charge in [-0.15, -0.1) is 12.4 Å². The number of nitrogen functional groups attached to an aromatic ring is 1. The Bertz CT molecular complexity index is 694. The Kier molecular flexibility index (Phi) is 4.81. The van der Waals surface area contributed by atoms with Crippen molar-refractivity contribution in [3.05, 3.63) is 52.5 Å². The molecule has 0 saturated carbocycles. The van der Waals surface area contributed by atoms with E-state index < -0.39 is 0 Å². The van der Waals surface area contributed by atoms with E-state index in [9.17, 15) is 4.79 Å². The van der Waals surface area contributed by atoms with E-state index in [1.165, 1.54) is 11.1 Å². The molecule has 0 fully saturated rings. The highest BCUT2D eigenvalue weighted by Gasteiger charge is 2.23. The molecular formula is C17H21ClN2O2. The monoisotopic (exact) mass is 320 g/mol. The van der Waals surface area contributed by atoms with Gasteiger partial charge in [-0.3, -0.25) is 4.79 Å². The maximum absolute atomic E-state index is 12.4. The number of carbonyl (C=O) groups excluding carboxylic acids is 1. The molecule has 0 spiro atoms. The molecule has 0 saturated heterocycles. The van der Waals surface area contributed by atoms with Gasteiger partial charge in [-0.1, -0.05) is 6.07 Å². The van der Waals surface area contributed by atoms with Gasteiger partial charge in [-0.05, 0) is 62.4 Å². The number of halogens is 1. The summed E-state index contributed by atoms with van der Waals surface area (Å²) in [6.07, 6.45) is 3.04. The summed E-state index contributed by atoms with van der Waals surface area (Å²) in [6, 6.07) is 7.79. The van der Waals surface area contributed by atoms with Gasteiger partial charge >= 0.3 is 0 Å². The molecular weight excluding hydrogens is 300 g/mol. The lowest BCUT2D eigenvalue weighted by atomic mass is 9.87. The number of nitrogens with one attached hydrogen (secondary N) is 1. The van der Waals surface area contributed by atoms with Crippen molar-refractivity contribution in [1.82, 2.24) is 5.32 Å². The third kappa shape index (κ3) is 3.12. The van der Waals surface area contributed by atoms with Crippen LogP contribution in [-0.2, 0) is 6.42 Å². The first-order valence-corrected chi connectivity index (χ1v) is 7.31. The molecule has 22 heavy (non-hydrogen) atoms. The predicted molar refractivity (Wildman–Crippen MR) is 89.4 cm³/mol. The molecule has 0 radical (unpaired) electrons. The van der Waals surface area contributed by atoms with E-state index in [2.05, 4.69) is 5.32 Å². The maximum atomic E-state index is 12.4. The molecule has 1 heterocycles. The van der Waals surface area contributed by atoms with Crippen molar-refractivity contribution in [2.24, 2.45) is 0 Å². The number of fused-ring (bicyclic) bond motifs is 1. The quantitative estimate of drug-likeness (QED) is 0.829. The molecule has 1 aromatic heterocycles. The van der Waals surface area contributed by atoms with E-state index in [-0.39, 0.29) is 24.4 Å². The summed E-state index contributed by atoms with van der Waals surface area (Å²) in [5.74, 6) is 1.35. The molecule has 118 valence electrons.